The maximum absolute atomic E-state index is 11.5. The van der Waals surface area contributed by atoms with Gasteiger partial charge < -0.3 is 10.7 Å². The first-order valence-electron chi connectivity index (χ1n) is 4.47. The third kappa shape index (κ3) is 3.77. The van der Waals surface area contributed by atoms with Crippen molar-refractivity contribution in [3.8, 4) is 0 Å². The van der Waals surface area contributed by atoms with E-state index in [0.29, 0.717) is 17.9 Å². The van der Waals surface area contributed by atoms with Crippen molar-refractivity contribution in [3.63, 3.8) is 0 Å². The summed E-state index contributed by atoms with van der Waals surface area (Å²) in [6.07, 6.45) is 3.49. The molecule has 1 heterocycles. The molecule has 6 heteroatoms. The van der Waals surface area contributed by atoms with Gasteiger partial charge in [-0.1, -0.05) is 0 Å². The molecule has 0 radical (unpaired) electrons. The predicted molar refractivity (Wildman–Crippen MR) is 62.8 cm³/mol. The molecule has 0 spiro atoms. The number of carbonyl (C=O) groups is 1. The summed E-state index contributed by atoms with van der Waals surface area (Å²) in [5.41, 5.74) is 2.94. The van der Waals surface area contributed by atoms with E-state index in [1.807, 2.05) is 6.26 Å². The average molecular weight is 226 g/mol. The van der Waals surface area contributed by atoms with Crippen LogP contribution in [0.5, 0.6) is 0 Å². The molecule has 0 saturated heterocycles. The lowest BCUT2D eigenvalue weighted by molar-refractivity contribution is 0.0956. The minimum Gasteiger partial charge on any atom is -0.351 e. The number of nitrogens with one attached hydrogen (secondary N) is 2. The lowest BCUT2D eigenvalue weighted by Crippen LogP contribution is -2.25. The number of pyridine rings is 1. The van der Waals surface area contributed by atoms with Gasteiger partial charge in [-0.05, 0) is 18.4 Å². The predicted octanol–water partition coefficient (Wildman–Crippen LogP) is 0.460. The number of carbonyl (C=O) groups excluding carboxylic acids is 1. The zero-order chi connectivity index (χ0) is 11.1. The monoisotopic (exact) mass is 226 g/mol. The van der Waals surface area contributed by atoms with Gasteiger partial charge in [0.25, 0.3) is 5.91 Å². The summed E-state index contributed by atoms with van der Waals surface area (Å²) in [6, 6.07) is 3.33. The summed E-state index contributed by atoms with van der Waals surface area (Å²) < 4.78 is 0. The number of thioether (sulfide) groups is 1. The lowest BCUT2D eigenvalue weighted by Gasteiger charge is -2.04. The van der Waals surface area contributed by atoms with E-state index in [-0.39, 0.29) is 5.91 Å². The van der Waals surface area contributed by atoms with Crippen LogP contribution >= 0.6 is 11.8 Å². The summed E-state index contributed by atoms with van der Waals surface area (Å²) in [5.74, 6) is 6.49. The van der Waals surface area contributed by atoms with Crippen molar-refractivity contribution < 1.29 is 4.79 Å². The number of nitrogen functional groups attached to an aromatic ring is 1. The molecule has 15 heavy (non-hydrogen) atoms. The third-order valence-electron chi connectivity index (χ3n) is 1.77. The van der Waals surface area contributed by atoms with Gasteiger partial charge in [0.05, 0.1) is 5.56 Å². The summed E-state index contributed by atoms with van der Waals surface area (Å²) in [5, 5.41) is 2.79. The van der Waals surface area contributed by atoms with E-state index in [1.165, 1.54) is 6.20 Å². The molecule has 5 nitrogen and oxygen atoms in total. The SMILES string of the molecule is CSCCNC(=O)c1ccc(NN)nc1. The number of hydrogen-bond acceptors (Lipinski definition) is 5. The number of aromatic nitrogens is 1. The number of amides is 1. The molecule has 0 atom stereocenters. The fraction of sp³-hybridized carbons (Fsp3) is 0.333. The number of anilines is 1. The van der Waals surface area contributed by atoms with Gasteiger partial charge in [-0.15, -0.1) is 0 Å². The number of rotatable bonds is 5. The molecule has 0 aliphatic heterocycles. The Morgan fingerprint density at radius 3 is 2.93 bits per heavy atom. The number of hydrogen-bond donors (Lipinski definition) is 3. The third-order valence-corrected chi connectivity index (χ3v) is 2.38. The molecule has 1 rings (SSSR count). The van der Waals surface area contributed by atoms with E-state index in [0.717, 1.165) is 5.75 Å². The topological polar surface area (TPSA) is 80.0 Å². The van der Waals surface area contributed by atoms with Gasteiger partial charge in [-0.2, -0.15) is 11.8 Å². The van der Waals surface area contributed by atoms with Crippen LogP contribution in [0, 0.1) is 0 Å². The van der Waals surface area contributed by atoms with Gasteiger partial charge in [0.1, 0.15) is 5.82 Å². The van der Waals surface area contributed by atoms with Crippen molar-refractivity contribution >= 4 is 23.5 Å². The maximum atomic E-state index is 11.5. The number of nitrogens with two attached hydrogens (primary N) is 1. The minimum absolute atomic E-state index is 0.111. The van der Waals surface area contributed by atoms with Crippen LogP contribution in [0.15, 0.2) is 18.3 Å². The van der Waals surface area contributed by atoms with Crippen LogP contribution in [-0.2, 0) is 0 Å². The molecule has 0 bridgehead atoms. The van der Waals surface area contributed by atoms with Crippen LogP contribution in [0.25, 0.3) is 0 Å². The standard InChI is InChI=1S/C9H14N4OS/c1-15-5-4-11-9(14)7-2-3-8(13-10)12-6-7/h2-3,6H,4-5,10H2,1H3,(H,11,14)(H,12,13). The normalized spacial score (nSPS) is 9.73. The van der Waals surface area contributed by atoms with Crippen molar-refractivity contribution in [1.29, 1.82) is 0 Å². The van der Waals surface area contributed by atoms with Gasteiger partial charge in [-0.25, -0.2) is 10.8 Å². The molecule has 0 aromatic carbocycles. The molecule has 1 aromatic rings. The highest BCUT2D eigenvalue weighted by molar-refractivity contribution is 7.98. The second-order valence-corrected chi connectivity index (χ2v) is 3.81. The Hall–Kier alpha value is -1.27. The fourth-order valence-electron chi connectivity index (χ4n) is 0.982. The van der Waals surface area contributed by atoms with Gasteiger partial charge in [0.2, 0.25) is 0 Å². The van der Waals surface area contributed by atoms with Gasteiger partial charge >= 0.3 is 0 Å². The molecule has 1 amide bonds. The summed E-state index contributed by atoms with van der Waals surface area (Å²) in [7, 11) is 0. The molecule has 0 aliphatic carbocycles. The Labute approximate surface area is 92.8 Å². The quantitative estimate of drug-likeness (QED) is 0.386. The summed E-state index contributed by atoms with van der Waals surface area (Å²) in [4.78, 5) is 15.5. The van der Waals surface area contributed by atoms with E-state index in [9.17, 15) is 4.79 Å². The van der Waals surface area contributed by atoms with Crippen molar-refractivity contribution in [3.05, 3.63) is 23.9 Å². The van der Waals surface area contributed by atoms with Crippen molar-refractivity contribution in [2.45, 2.75) is 0 Å². The van der Waals surface area contributed by atoms with Crippen LogP contribution < -0.4 is 16.6 Å². The van der Waals surface area contributed by atoms with Crippen molar-refractivity contribution in [2.75, 3.05) is 24.0 Å². The van der Waals surface area contributed by atoms with Gasteiger partial charge in [0, 0.05) is 18.5 Å². The van der Waals surface area contributed by atoms with Crippen LogP contribution in [0.1, 0.15) is 10.4 Å². The first-order chi connectivity index (χ1) is 7.27. The Balaban J connectivity index is 2.50. The summed E-state index contributed by atoms with van der Waals surface area (Å²) in [6.45, 7) is 0.664. The fourth-order valence-corrected chi connectivity index (χ4v) is 1.29. The highest BCUT2D eigenvalue weighted by Crippen LogP contribution is 2.03. The Morgan fingerprint density at radius 1 is 1.60 bits per heavy atom. The van der Waals surface area contributed by atoms with E-state index < -0.39 is 0 Å². The summed E-state index contributed by atoms with van der Waals surface area (Å²) >= 11 is 1.69. The van der Waals surface area contributed by atoms with E-state index >= 15 is 0 Å². The lowest BCUT2D eigenvalue weighted by atomic mass is 10.2. The maximum Gasteiger partial charge on any atom is 0.252 e. The largest absolute Gasteiger partial charge is 0.351 e. The van der Waals surface area contributed by atoms with Crippen LogP contribution in [0.4, 0.5) is 5.82 Å². The zero-order valence-electron chi connectivity index (χ0n) is 8.49. The highest BCUT2D eigenvalue weighted by atomic mass is 32.2. The Kier molecular flexibility index (Phi) is 4.92. The zero-order valence-corrected chi connectivity index (χ0v) is 9.30. The van der Waals surface area contributed by atoms with Crippen LogP contribution in [0.3, 0.4) is 0 Å². The second-order valence-electron chi connectivity index (χ2n) is 2.83. The van der Waals surface area contributed by atoms with E-state index in [2.05, 4.69) is 15.7 Å². The molecule has 1 aromatic heterocycles. The van der Waals surface area contributed by atoms with Crippen molar-refractivity contribution in [1.82, 2.24) is 10.3 Å². The minimum atomic E-state index is -0.111. The number of nitrogens with zero attached hydrogens (tertiary/aromatic N) is 1. The molecular formula is C9H14N4OS. The molecular weight excluding hydrogens is 212 g/mol. The highest BCUT2D eigenvalue weighted by Gasteiger charge is 2.04. The Morgan fingerprint density at radius 2 is 2.40 bits per heavy atom. The van der Waals surface area contributed by atoms with Gasteiger partial charge in [-0.3, -0.25) is 4.79 Å². The van der Waals surface area contributed by atoms with Crippen LogP contribution in [0.2, 0.25) is 0 Å². The van der Waals surface area contributed by atoms with E-state index in [1.54, 1.807) is 23.9 Å². The molecule has 0 fully saturated rings. The smallest absolute Gasteiger partial charge is 0.252 e. The number of hydrazine groups is 1. The average Bonchev–Trinajstić information content (AvgIpc) is 2.29. The first kappa shape index (κ1) is 11.8. The molecule has 4 N–H and O–H groups in total. The second kappa shape index (κ2) is 6.26. The first-order valence-corrected chi connectivity index (χ1v) is 5.87. The molecule has 82 valence electrons. The molecule has 0 saturated carbocycles. The van der Waals surface area contributed by atoms with Crippen LogP contribution in [-0.4, -0.2) is 29.4 Å². The molecule has 0 aliphatic rings. The Bertz CT molecular complexity index is 314. The van der Waals surface area contributed by atoms with Gasteiger partial charge in [0.15, 0.2) is 0 Å². The molecule has 0 unspecified atom stereocenters. The van der Waals surface area contributed by atoms with Crippen molar-refractivity contribution in [2.24, 2.45) is 5.84 Å². The van der Waals surface area contributed by atoms with E-state index in [4.69, 9.17) is 5.84 Å².